The Labute approximate surface area is 131 Å². The Morgan fingerprint density at radius 1 is 1.32 bits per heavy atom. The number of rotatable bonds is 2. The summed E-state index contributed by atoms with van der Waals surface area (Å²) >= 11 is 0. The summed E-state index contributed by atoms with van der Waals surface area (Å²) in [4.78, 5) is 13.8. The average Bonchev–Trinajstić information content (AvgIpc) is 2.63. The predicted molar refractivity (Wildman–Crippen MR) is 88.7 cm³/mol. The van der Waals surface area contributed by atoms with Crippen LogP contribution in [0.4, 0.5) is 10.5 Å². The number of ether oxygens (including phenoxy) is 1. The van der Waals surface area contributed by atoms with E-state index in [4.69, 9.17) is 4.74 Å². The monoisotopic (exact) mass is 301 g/mol. The molecule has 5 nitrogen and oxygen atoms in total. The summed E-state index contributed by atoms with van der Waals surface area (Å²) in [6, 6.07) is 0. The van der Waals surface area contributed by atoms with Gasteiger partial charge in [0.25, 0.3) is 0 Å². The zero-order valence-electron chi connectivity index (χ0n) is 13.8. The zero-order chi connectivity index (χ0) is 16.3. The van der Waals surface area contributed by atoms with Crippen LogP contribution in [0.15, 0.2) is 36.6 Å². The van der Waals surface area contributed by atoms with Crippen LogP contribution >= 0.6 is 0 Å². The normalized spacial score (nSPS) is 14.5. The lowest BCUT2D eigenvalue weighted by Crippen LogP contribution is -2.34. The third-order valence-electron chi connectivity index (χ3n) is 3.14. The summed E-state index contributed by atoms with van der Waals surface area (Å²) in [5.41, 5.74) is 2.08. The molecule has 0 N–H and O–H groups in total. The second-order valence-corrected chi connectivity index (χ2v) is 6.29. The highest BCUT2D eigenvalue weighted by Gasteiger charge is 2.24. The molecule has 1 aliphatic carbocycles. The predicted octanol–water partition coefficient (Wildman–Crippen LogP) is 3.69. The van der Waals surface area contributed by atoms with Gasteiger partial charge in [0.2, 0.25) is 0 Å². The Morgan fingerprint density at radius 2 is 2.05 bits per heavy atom. The molecule has 0 spiro atoms. The number of anilines is 1. The Morgan fingerprint density at radius 3 is 2.73 bits per heavy atom. The van der Waals surface area contributed by atoms with Crippen molar-refractivity contribution in [2.45, 2.75) is 32.8 Å². The van der Waals surface area contributed by atoms with E-state index < -0.39 is 5.60 Å². The van der Waals surface area contributed by atoms with Crippen molar-refractivity contribution >= 4 is 17.4 Å². The molecule has 0 unspecified atom stereocenters. The minimum atomic E-state index is -0.527. The Hall–Kier alpha value is -2.30. The minimum Gasteiger partial charge on any atom is -0.443 e. The smallest absolute Gasteiger partial charge is 0.414 e. The molecule has 0 saturated carbocycles. The third-order valence-corrected chi connectivity index (χ3v) is 3.14. The van der Waals surface area contributed by atoms with Crippen LogP contribution in [0.2, 0.25) is 0 Å². The van der Waals surface area contributed by atoms with Gasteiger partial charge < -0.3 is 4.74 Å². The highest BCUT2D eigenvalue weighted by Crippen LogP contribution is 2.29. The summed E-state index contributed by atoms with van der Waals surface area (Å²) < 4.78 is 7.15. The van der Waals surface area contributed by atoms with E-state index >= 15 is 0 Å². The quantitative estimate of drug-likeness (QED) is 0.837. The number of carbonyl (C=O) groups excluding carboxylic acids is 1. The van der Waals surface area contributed by atoms with Gasteiger partial charge in [0.05, 0.1) is 5.69 Å². The zero-order valence-corrected chi connectivity index (χ0v) is 13.8. The largest absolute Gasteiger partial charge is 0.443 e. The first-order valence-corrected chi connectivity index (χ1v) is 7.31. The van der Waals surface area contributed by atoms with Crippen LogP contribution in [-0.4, -0.2) is 28.5 Å². The molecule has 118 valence electrons. The van der Waals surface area contributed by atoms with Gasteiger partial charge in [-0.2, -0.15) is 5.10 Å². The van der Waals surface area contributed by atoms with Crippen LogP contribution in [0, 0.1) is 0 Å². The molecule has 0 aliphatic heterocycles. The molecule has 0 fully saturated rings. The van der Waals surface area contributed by atoms with E-state index in [2.05, 4.69) is 11.2 Å². The number of nitrogens with zero attached hydrogens (tertiary/aromatic N) is 3. The third kappa shape index (κ3) is 3.87. The molecule has 5 heteroatoms. The Balaban J connectivity index is 2.32. The van der Waals surface area contributed by atoms with Crippen molar-refractivity contribution in [3.63, 3.8) is 0 Å². The molecule has 0 radical (unpaired) electrons. The van der Waals surface area contributed by atoms with Crippen molar-refractivity contribution in [1.82, 2.24) is 9.78 Å². The van der Waals surface area contributed by atoms with E-state index in [1.54, 1.807) is 11.7 Å². The maximum Gasteiger partial charge on any atom is 0.414 e. The molecular weight excluding hydrogens is 278 g/mol. The Kier molecular flexibility index (Phi) is 4.54. The van der Waals surface area contributed by atoms with Crippen molar-refractivity contribution in [3.05, 3.63) is 42.3 Å². The summed E-state index contributed by atoms with van der Waals surface area (Å²) in [6.45, 7) is 5.56. The van der Waals surface area contributed by atoms with Crippen LogP contribution in [0.25, 0.3) is 5.57 Å². The van der Waals surface area contributed by atoms with Crippen molar-refractivity contribution in [1.29, 1.82) is 0 Å². The molecule has 0 bridgehead atoms. The van der Waals surface area contributed by atoms with Gasteiger partial charge in [0, 0.05) is 20.3 Å². The van der Waals surface area contributed by atoms with E-state index in [1.165, 1.54) is 4.90 Å². The Bertz CT molecular complexity index is 645. The van der Waals surface area contributed by atoms with Gasteiger partial charge in [-0.1, -0.05) is 30.4 Å². The topological polar surface area (TPSA) is 47.4 Å². The maximum atomic E-state index is 12.3. The lowest BCUT2D eigenvalue weighted by atomic mass is 10.1. The first kappa shape index (κ1) is 16.1. The van der Waals surface area contributed by atoms with Crippen molar-refractivity contribution in [2.75, 3.05) is 11.9 Å². The van der Waals surface area contributed by atoms with Gasteiger partial charge in [-0.05, 0) is 32.8 Å². The van der Waals surface area contributed by atoms with Crippen LogP contribution in [-0.2, 0) is 11.8 Å². The summed E-state index contributed by atoms with van der Waals surface area (Å²) in [6.07, 6.45) is 12.3. The first-order valence-electron chi connectivity index (χ1n) is 7.31. The van der Waals surface area contributed by atoms with E-state index in [1.807, 2.05) is 58.3 Å². The van der Waals surface area contributed by atoms with Crippen LogP contribution in [0.1, 0.15) is 32.9 Å². The minimum absolute atomic E-state index is 0.387. The number of amides is 1. The van der Waals surface area contributed by atoms with E-state index in [0.29, 0.717) is 0 Å². The first-order chi connectivity index (χ1) is 10.3. The fourth-order valence-electron chi connectivity index (χ4n) is 2.13. The number of carbonyl (C=O) groups is 1. The van der Waals surface area contributed by atoms with Gasteiger partial charge >= 0.3 is 6.09 Å². The molecule has 1 heterocycles. The molecule has 1 aromatic rings. The fraction of sp³-hybridized carbons (Fsp3) is 0.412. The molecule has 22 heavy (non-hydrogen) atoms. The van der Waals surface area contributed by atoms with E-state index in [9.17, 15) is 4.79 Å². The second kappa shape index (κ2) is 6.22. The van der Waals surface area contributed by atoms with Crippen LogP contribution in [0.3, 0.4) is 0 Å². The fourth-order valence-corrected chi connectivity index (χ4v) is 2.13. The van der Waals surface area contributed by atoms with Crippen molar-refractivity contribution in [3.8, 4) is 0 Å². The molecule has 2 rings (SSSR count). The van der Waals surface area contributed by atoms with Gasteiger partial charge in [-0.3, -0.25) is 9.58 Å². The van der Waals surface area contributed by atoms with Crippen LogP contribution in [0.5, 0.6) is 0 Å². The molecular formula is C17H23N3O2. The average molecular weight is 301 g/mol. The molecule has 0 saturated heterocycles. The second-order valence-electron chi connectivity index (χ2n) is 6.29. The van der Waals surface area contributed by atoms with Gasteiger partial charge in [0.15, 0.2) is 0 Å². The molecule has 1 aliphatic rings. The number of hydrogen-bond donors (Lipinski definition) is 0. The van der Waals surface area contributed by atoms with E-state index in [0.717, 1.165) is 23.4 Å². The number of allylic oxidation sites excluding steroid dienone is 6. The molecule has 1 aromatic heterocycles. The highest BCUT2D eigenvalue weighted by molar-refractivity contribution is 5.91. The van der Waals surface area contributed by atoms with Crippen molar-refractivity contribution in [2.24, 2.45) is 7.05 Å². The van der Waals surface area contributed by atoms with E-state index in [-0.39, 0.29) is 6.09 Å². The maximum absolute atomic E-state index is 12.3. The summed E-state index contributed by atoms with van der Waals surface area (Å²) in [5.74, 6) is 0. The standard InChI is InChI=1S/C17H23N3O2/c1-17(2,3)22-16(21)20(5)14-12-19(4)18-15(14)13-10-8-6-7-9-11-13/h6-10,12H,11H2,1-5H3. The van der Waals surface area contributed by atoms with Crippen molar-refractivity contribution < 1.29 is 9.53 Å². The lowest BCUT2D eigenvalue weighted by Gasteiger charge is -2.24. The van der Waals surface area contributed by atoms with Gasteiger partial charge in [-0.25, -0.2) is 4.79 Å². The molecule has 0 atom stereocenters. The lowest BCUT2D eigenvalue weighted by molar-refractivity contribution is 0.0589. The highest BCUT2D eigenvalue weighted by atomic mass is 16.6. The number of aryl methyl sites for hydroxylation is 1. The SMILES string of the molecule is CN(C(=O)OC(C)(C)C)c1cn(C)nc1C1=CC=CC=CC1. The molecule has 0 aromatic carbocycles. The summed E-state index contributed by atoms with van der Waals surface area (Å²) in [5, 5.41) is 4.51. The van der Waals surface area contributed by atoms with Gasteiger partial charge in [-0.15, -0.1) is 0 Å². The van der Waals surface area contributed by atoms with Gasteiger partial charge in [0.1, 0.15) is 11.3 Å². The number of aromatic nitrogens is 2. The summed E-state index contributed by atoms with van der Waals surface area (Å²) in [7, 11) is 3.55. The molecule has 1 amide bonds. The number of hydrogen-bond acceptors (Lipinski definition) is 3. The van der Waals surface area contributed by atoms with Crippen LogP contribution < -0.4 is 4.90 Å².